The van der Waals surface area contributed by atoms with Crippen LogP contribution >= 0.6 is 0 Å². The Balaban J connectivity index is 2.09. The lowest BCUT2D eigenvalue weighted by molar-refractivity contribution is -0.114. The summed E-state index contributed by atoms with van der Waals surface area (Å²) in [6.45, 7) is 1.28. The van der Waals surface area contributed by atoms with Gasteiger partial charge in [0, 0.05) is 24.3 Å². The number of carbonyl (C=O) groups excluding carboxylic acids is 2. The molecule has 0 atom stereocenters. The Morgan fingerprint density at radius 3 is 2.58 bits per heavy atom. The first-order valence-corrected chi connectivity index (χ1v) is 7.19. The lowest BCUT2D eigenvalue weighted by atomic mass is 10.2. The van der Waals surface area contributed by atoms with Gasteiger partial charge >= 0.3 is 0 Å². The van der Waals surface area contributed by atoms with E-state index in [1.807, 2.05) is 18.2 Å². The average molecular weight is 328 g/mol. The van der Waals surface area contributed by atoms with Gasteiger partial charge in [-0.25, -0.2) is 4.39 Å². The minimum atomic E-state index is -0.576. The van der Waals surface area contributed by atoms with Crippen LogP contribution in [-0.2, 0) is 9.59 Å². The number of halogens is 1. The van der Waals surface area contributed by atoms with Crippen molar-refractivity contribution in [2.24, 2.45) is 0 Å². The summed E-state index contributed by atoms with van der Waals surface area (Å²) in [7, 11) is 1.55. The van der Waals surface area contributed by atoms with Crippen LogP contribution in [0.5, 0.6) is 5.75 Å². The molecule has 124 valence electrons. The predicted octanol–water partition coefficient (Wildman–Crippen LogP) is 3.44. The molecule has 0 saturated heterocycles. The molecular formula is C18H17FN2O3. The van der Waals surface area contributed by atoms with Crippen LogP contribution < -0.4 is 15.4 Å². The molecule has 2 aromatic carbocycles. The molecule has 2 amide bonds. The van der Waals surface area contributed by atoms with Crippen LogP contribution in [0.25, 0.3) is 6.08 Å². The van der Waals surface area contributed by atoms with Crippen molar-refractivity contribution in [3.05, 3.63) is 59.9 Å². The zero-order chi connectivity index (χ0) is 17.5. The number of anilines is 2. The highest BCUT2D eigenvalue weighted by atomic mass is 19.1. The van der Waals surface area contributed by atoms with Gasteiger partial charge in [0.05, 0.1) is 12.8 Å². The van der Waals surface area contributed by atoms with Gasteiger partial charge in [0.25, 0.3) is 0 Å². The maximum absolute atomic E-state index is 13.6. The van der Waals surface area contributed by atoms with Crippen LogP contribution in [0.1, 0.15) is 12.5 Å². The molecule has 0 radical (unpaired) electrons. The van der Waals surface area contributed by atoms with E-state index in [2.05, 4.69) is 10.6 Å². The first kappa shape index (κ1) is 17.2. The fourth-order valence-corrected chi connectivity index (χ4v) is 2.04. The molecule has 0 aliphatic rings. The number of para-hydroxylation sites is 1. The summed E-state index contributed by atoms with van der Waals surface area (Å²) in [6, 6.07) is 11.2. The van der Waals surface area contributed by atoms with Gasteiger partial charge in [0.2, 0.25) is 11.8 Å². The second-order valence-electron chi connectivity index (χ2n) is 4.94. The molecule has 0 aliphatic heterocycles. The first-order chi connectivity index (χ1) is 11.5. The predicted molar refractivity (Wildman–Crippen MR) is 91.4 cm³/mol. The normalized spacial score (nSPS) is 10.5. The molecule has 0 saturated carbocycles. The summed E-state index contributed by atoms with van der Waals surface area (Å²) < 4.78 is 18.8. The van der Waals surface area contributed by atoms with Crippen LogP contribution in [0, 0.1) is 5.82 Å². The topological polar surface area (TPSA) is 67.4 Å². The van der Waals surface area contributed by atoms with Crippen molar-refractivity contribution in [3.63, 3.8) is 0 Å². The second kappa shape index (κ2) is 7.92. The highest BCUT2D eigenvalue weighted by Gasteiger charge is 2.06. The van der Waals surface area contributed by atoms with Crippen molar-refractivity contribution >= 4 is 29.3 Å². The Labute approximate surface area is 139 Å². The van der Waals surface area contributed by atoms with Crippen molar-refractivity contribution in [1.82, 2.24) is 0 Å². The molecule has 0 aliphatic carbocycles. The Morgan fingerprint density at radius 1 is 1.12 bits per heavy atom. The molecule has 2 rings (SSSR count). The Bertz CT molecular complexity index is 788. The van der Waals surface area contributed by atoms with E-state index >= 15 is 0 Å². The fraction of sp³-hybridized carbons (Fsp3) is 0.111. The Kier molecular flexibility index (Phi) is 5.68. The van der Waals surface area contributed by atoms with Crippen LogP contribution in [0.4, 0.5) is 15.8 Å². The number of benzene rings is 2. The molecule has 2 aromatic rings. The van der Waals surface area contributed by atoms with Crippen molar-refractivity contribution in [1.29, 1.82) is 0 Å². The van der Waals surface area contributed by atoms with E-state index in [1.54, 1.807) is 19.3 Å². The molecule has 0 heterocycles. The van der Waals surface area contributed by atoms with E-state index in [0.717, 1.165) is 5.56 Å². The number of hydrogen-bond donors (Lipinski definition) is 2. The molecule has 2 N–H and O–H groups in total. The Morgan fingerprint density at radius 2 is 1.88 bits per heavy atom. The summed E-state index contributed by atoms with van der Waals surface area (Å²) in [5, 5.41) is 4.97. The van der Waals surface area contributed by atoms with Crippen LogP contribution in [0.3, 0.4) is 0 Å². The summed E-state index contributed by atoms with van der Waals surface area (Å²) in [5.41, 5.74) is 1.14. The highest BCUT2D eigenvalue weighted by molar-refractivity contribution is 6.02. The third-order valence-electron chi connectivity index (χ3n) is 3.10. The number of carbonyl (C=O) groups is 2. The minimum Gasteiger partial charge on any atom is -0.496 e. The molecule has 0 spiro atoms. The summed E-state index contributed by atoms with van der Waals surface area (Å²) in [4.78, 5) is 23.0. The van der Waals surface area contributed by atoms with Crippen molar-refractivity contribution in [3.8, 4) is 5.75 Å². The van der Waals surface area contributed by atoms with E-state index in [-0.39, 0.29) is 11.6 Å². The van der Waals surface area contributed by atoms with E-state index in [4.69, 9.17) is 4.74 Å². The number of rotatable bonds is 5. The van der Waals surface area contributed by atoms with Gasteiger partial charge in [-0.1, -0.05) is 18.2 Å². The third kappa shape index (κ3) is 4.67. The van der Waals surface area contributed by atoms with E-state index < -0.39 is 11.7 Å². The van der Waals surface area contributed by atoms with E-state index in [1.165, 1.54) is 31.2 Å². The number of ether oxygens (including phenoxy) is 1. The number of methoxy groups -OCH3 is 1. The molecule has 0 bridgehead atoms. The lowest BCUT2D eigenvalue weighted by Gasteiger charge is -2.08. The molecule has 0 fully saturated rings. The average Bonchev–Trinajstić information content (AvgIpc) is 2.56. The van der Waals surface area contributed by atoms with Gasteiger partial charge in [-0.05, 0) is 30.3 Å². The molecule has 6 heteroatoms. The first-order valence-electron chi connectivity index (χ1n) is 7.19. The summed E-state index contributed by atoms with van der Waals surface area (Å²) in [6.07, 6.45) is 2.96. The summed E-state index contributed by atoms with van der Waals surface area (Å²) in [5.74, 6) is -0.709. The molecule has 0 unspecified atom stereocenters. The van der Waals surface area contributed by atoms with E-state index in [0.29, 0.717) is 11.4 Å². The number of nitrogens with one attached hydrogen (secondary N) is 2. The van der Waals surface area contributed by atoms with Gasteiger partial charge in [0.1, 0.15) is 11.6 Å². The fourth-order valence-electron chi connectivity index (χ4n) is 2.04. The molecule has 0 aromatic heterocycles. The lowest BCUT2D eigenvalue weighted by Crippen LogP contribution is -2.10. The van der Waals surface area contributed by atoms with E-state index in [9.17, 15) is 14.0 Å². The van der Waals surface area contributed by atoms with Crippen molar-refractivity contribution < 1.29 is 18.7 Å². The van der Waals surface area contributed by atoms with Crippen molar-refractivity contribution in [2.75, 3.05) is 17.7 Å². The van der Waals surface area contributed by atoms with Crippen molar-refractivity contribution in [2.45, 2.75) is 6.92 Å². The smallest absolute Gasteiger partial charge is 0.248 e. The van der Waals surface area contributed by atoms with Gasteiger partial charge in [-0.15, -0.1) is 0 Å². The SMILES string of the molecule is COc1ccccc1C=CC(=O)Nc1ccc(F)c(NC(C)=O)c1. The zero-order valence-corrected chi connectivity index (χ0v) is 13.3. The quantitative estimate of drug-likeness (QED) is 0.826. The minimum absolute atomic E-state index is 0.00834. The monoisotopic (exact) mass is 328 g/mol. The van der Waals surface area contributed by atoms with Crippen LogP contribution in [-0.4, -0.2) is 18.9 Å². The molecular weight excluding hydrogens is 311 g/mol. The zero-order valence-electron chi connectivity index (χ0n) is 13.3. The van der Waals surface area contributed by atoms with Gasteiger partial charge in [0.15, 0.2) is 0 Å². The maximum atomic E-state index is 13.6. The van der Waals surface area contributed by atoms with Gasteiger partial charge in [-0.3, -0.25) is 9.59 Å². The van der Waals surface area contributed by atoms with Crippen LogP contribution in [0.15, 0.2) is 48.5 Å². The van der Waals surface area contributed by atoms with Crippen LogP contribution in [0.2, 0.25) is 0 Å². The van der Waals surface area contributed by atoms with Gasteiger partial charge in [-0.2, -0.15) is 0 Å². The molecule has 5 nitrogen and oxygen atoms in total. The number of hydrogen-bond acceptors (Lipinski definition) is 3. The standard InChI is InChI=1S/C18H17FN2O3/c1-12(22)20-16-11-14(8-9-15(16)19)21-18(23)10-7-13-5-3-4-6-17(13)24-2/h3-11H,1-2H3,(H,20,22)(H,21,23). The van der Waals surface area contributed by atoms with Gasteiger partial charge < -0.3 is 15.4 Å². The third-order valence-corrected chi connectivity index (χ3v) is 3.10. The number of amides is 2. The second-order valence-corrected chi connectivity index (χ2v) is 4.94. The Hall–Kier alpha value is -3.15. The maximum Gasteiger partial charge on any atom is 0.248 e. The highest BCUT2D eigenvalue weighted by Crippen LogP contribution is 2.21. The summed E-state index contributed by atoms with van der Waals surface area (Å²) >= 11 is 0. The molecule has 24 heavy (non-hydrogen) atoms. The largest absolute Gasteiger partial charge is 0.496 e.